The average Bonchev–Trinajstić information content (AvgIpc) is 2.89. The Hall–Kier alpha value is -2.11. The molecule has 6 heteroatoms. The summed E-state index contributed by atoms with van der Waals surface area (Å²) in [7, 11) is 0. The molecule has 1 aliphatic rings. The molecule has 0 saturated heterocycles. The van der Waals surface area contributed by atoms with E-state index in [1.807, 2.05) is 42.5 Å². The van der Waals surface area contributed by atoms with Gasteiger partial charge in [-0.15, -0.1) is 0 Å². The lowest BCUT2D eigenvalue weighted by molar-refractivity contribution is 0.279. The minimum absolute atomic E-state index is 0.0946. The third kappa shape index (κ3) is 2.05. The SMILES string of the molecule is O=c1snc2n1-c1cc(-c3ccc(Cl)cc3)ccc1OC2. The summed E-state index contributed by atoms with van der Waals surface area (Å²) >= 11 is 6.86. The quantitative estimate of drug-likeness (QED) is 0.690. The second-order valence-corrected chi connectivity index (χ2v) is 5.83. The highest BCUT2D eigenvalue weighted by molar-refractivity contribution is 7.02. The molecule has 0 fully saturated rings. The zero-order valence-electron chi connectivity index (χ0n) is 10.7. The first-order valence-corrected chi connectivity index (χ1v) is 7.48. The van der Waals surface area contributed by atoms with Gasteiger partial charge in [0, 0.05) is 16.6 Å². The van der Waals surface area contributed by atoms with Crippen LogP contribution in [0.4, 0.5) is 0 Å². The van der Waals surface area contributed by atoms with E-state index in [0.717, 1.165) is 28.3 Å². The van der Waals surface area contributed by atoms with E-state index in [2.05, 4.69) is 4.37 Å². The van der Waals surface area contributed by atoms with Gasteiger partial charge in [0.15, 0.2) is 5.82 Å². The Morgan fingerprint density at radius 2 is 1.90 bits per heavy atom. The van der Waals surface area contributed by atoms with Crippen LogP contribution in [0.3, 0.4) is 0 Å². The lowest BCUT2D eigenvalue weighted by Gasteiger charge is -2.19. The van der Waals surface area contributed by atoms with Gasteiger partial charge in [0.1, 0.15) is 12.4 Å². The van der Waals surface area contributed by atoms with E-state index < -0.39 is 0 Å². The van der Waals surface area contributed by atoms with Crippen LogP contribution in [0, 0.1) is 0 Å². The van der Waals surface area contributed by atoms with E-state index in [4.69, 9.17) is 16.3 Å². The molecule has 2 heterocycles. The van der Waals surface area contributed by atoms with Crippen LogP contribution in [0.2, 0.25) is 5.02 Å². The second-order valence-electron chi connectivity index (χ2n) is 4.68. The van der Waals surface area contributed by atoms with Crippen molar-refractivity contribution in [1.82, 2.24) is 8.94 Å². The first-order chi connectivity index (χ1) is 10.2. The first-order valence-electron chi connectivity index (χ1n) is 6.33. The minimum Gasteiger partial charge on any atom is -0.483 e. The van der Waals surface area contributed by atoms with Crippen molar-refractivity contribution in [2.45, 2.75) is 6.61 Å². The Kier molecular flexibility index (Phi) is 2.83. The van der Waals surface area contributed by atoms with Gasteiger partial charge in [-0.05, 0) is 35.4 Å². The van der Waals surface area contributed by atoms with Crippen molar-refractivity contribution in [3.63, 3.8) is 0 Å². The molecular formula is C15H9ClN2O2S. The standard InChI is InChI=1S/C15H9ClN2O2S/c16-11-4-1-9(2-5-11)10-3-6-13-12(7-10)18-14(8-20-13)17-21-15(18)19/h1-7H,8H2. The van der Waals surface area contributed by atoms with Crippen LogP contribution in [-0.2, 0) is 6.61 Å². The Labute approximate surface area is 129 Å². The lowest BCUT2D eigenvalue weighted by Crippen LogP contribution is -2.20. The topological polar surface area (TPSA) is 44.1 Å². The summed E-state index contributed by atoms with van der Waals surface area (Å²) in [6, 6.07) is 13.4. The molecule has 0 atom stereocenters. The molecule has 0 radical (unpaired) electrons. The second kappa shape index (κ2) is 4.72. The van der Waals surface area contributed by atoms with Gasteiger partial charge in [0.05, 0.1) is 5.69 Å². The molecule has 3 aromatic rings. The van der Waals surface area contributed by atoms with Crippen molar-refractivity contribution in [2.75, 3.05) is 0 Å². The van der Waals surface area contributed by atoms with E-state index in [1.165, 1.54) is 0 Å². The summed E-state index contributed by atoms with van der Waals surface area (Å²) in [4.78, 5) is 11.9. The van der Waals surface area contributed by atoms with Gasteiger partial charge < -0.3 is 4.74 Å². The first kappa shape index (κ1) is 12.6. The summed E-state index contributed by atoms with van der Waals surface area (Å²) in [5, 5.41) is 0.695. The number of aromatic nitrogens is 2. The number of hydrogen-bond acceptors (Lipinski definition) is 4. The number of nitrogens with zero attached hydrogens (tertiary/aromatic N) is 2. The number of fused-ring (bicyclic) bond motifs is 3. The Morgan fingerprint density at radius 1 is 1.14 bits per heavy atom. The summed E-state index contributed by atoms with van der Waals surface area (Å²) < 4.78 is 11.4. The molecule has 0 bridgehead atoms. The van der Waals surface area contributed by atoms with Gasteiger partial charge >= 0.3 is 4.87 Å². The van der Waals surface area contributed by atoms with E-state index in [-0.39, 0.29) is 4.87 Å². The van der Waals surface area contributed by atoms with Crippen molar-refractivity contribution >= 4 is 23.1 Å². The van der Waals surface area contributed by atoms with Crippen LogP contribution < -0.4 is 9.61 Å². The molecule has 0 N–H and O–H groups in total. The molecule has 1 aliphatic heterocycles. The molecule has 4 rings (SSSR count). The Morgan fingerprint density at radius 3 is 2.71 bits per heavy atom. The monoisotopic (exact) mass is 316 g/mol. The molecule has 104 valence electrons. The van der Waals surface area contributed by atoms with Gasteiger partial charge in [-0.25, -0.2) is 4.57 Å². The molecule has 2 aromatic carbocycles. The van der Waals surface area contributed by atoms with Crippen LogP contribution >= 0.6 is 23.1 Å². The molecule has 21 heavy (non-hydrogen) atoms. The molecule has 0 aliphatic carbocycles. The van der Waals surface area contributed by atoms with E-state index in [0.29, 0.717) is 23.2 Å². The fourth-order valence-electron chi connectivity index (χ4n) is 2.39. The van der Waals surface area contributed by atoms with Crippen LogP contribution in [0.5, 0.6) is 5.75 Å². The van der Waals surface area contributed by atoms with Gasteiger partial charge in [0.25, 0.3) is 0 Å². The minimum atomic E-state index is -0.0946. The molecule has 0 saturated carbocycles. The average molecular weight is 317 g/mol. The summed E-state index contributed by atoms with van der Waals surface area (Å²) in [6.45, 7) is 0.325. The summed E-state index contributed by atoms with van der Waals surface area (Å²) in [6.07, 6.45) is 0. The zero-order chi connectivity index (χ0) is 14.4. The molecule has 0 unspecified atom stereocenters. The van der Waals surface area contributed by atoms with Gasteiger partial charge in [-0.1, -0.05) is 29.8 Å². The number of rotatable bonds is 1. The highest BCUT2D eigenvalue weighted by atomic mass is 35.5. The smallest absolute Gasteiger partial charge is 0.331 e. The summed E-state index contributed by atoms with van der Waals surface area (Å²) in [5.74, 6) is 1.34. The maximum absolute atomic E-state index is 12.0. The van der Waals surface area contributed by atoms with Crippen molar-refractivity contribution < 1.29 is 4.74 Å². The molecule has 4 nitrogen and oxygen atoms in total. The van der Waals surface area contributed by atoms with Gasteiger partial charge in [0.2, 0.25) is 0 Å². The van der Waals surface area contributed by atoms with Crippen molar-refractivity contribution in [3.8, 4) is 22.6 Å². The van der Waals surface area contributed by atoms with E-state index in [1.54, 1.807) is 4.57 Å². The van der Waals surface area contributed by atoms with Crippen LogP contribution in [0.25, 0.3) is 16.8 Å². The van der Waals surface area contributed by atoms with E-state index >= 15 is 0 Å². The lowest BCUT2D eigenvalue weighted by atomic mass is 10.0. The highest BCUT2D eigenvalue weighted by Crippen LogP contribution is 2.33. The predicted octanol–water partition coefficient (Wildman–Crippen LogP) is 3.51. The maximum atomic E-state index is 12.0. The molecule has 0 spiro atoms. The van der Waals surface area contributed by atoms with Crippen molar-refractivity contribution in [2.24, 2.45) is 0 Å². The normalized spacial score (nSPS) is 12.4. The maximum Gasteiger partial charge on any atom is 0.331 e. The fraction of sp³-hybridized carbons (Fsp3) is 0.0667. The third-order valence-electron chi connectivity index (χ3n) is 3.40. The third-order valence-corrected chi connectivity index (χ3v) is 4.30. The molecule has 1 aromatic heterocycles. The largest absolute Gasteiger partial charge is 0.483 e. The molecule has 0 amide bonds. The predicted molar refractivity (Wildman–Crippen MR) is 82.5 cm³/mol. The van der Waals surface area contributed by atoms with Gasteiger partial charge in [-0.2, -0.15) is 4.37 Å². The highest BCUT2D eigenvalue weighted by Gasteiger charge is 2.21. The molecular weight excluding hydrogens is 308 g/mol. The number of halogens is 1. The Balaban J connectivity index is 1.90. The number of benzene rings is 2. The van der Waals surface area contributed by atoms with Gasteiger partial charge in [-0.3, -0.25) is 4.79 Å². The fourth-order valence-corrected chi connectivity index (χ4v) is 3.11. The van der Waals surface area contributed by atoms with Crippen LogP contribution in [0.1, 0.15) is 5.82 Å². The Bertz CT molecular complexity index is 883. The van der Waals surface area contributed by atoms with Crippen LogP contribution in [-0.4, -0.2) is 8.94 Å². The summed E-state index contributed by atoms with van der Waals surface area (Å²) in [5.41, 5.74) is 2.77. The number of ether oxygens (including phenoxy) is 1. The van der Waals surface area contributed by atoms with Crippen LogP contribution in [0.15, 0.2) is 47.3 Å². The zero-order valence-corrected chi connectivity index (χ0v) is 12.3. The van der Waals surface area contributed by atoms with Crippen molar-refractivity contribution in [1.29, 1.82) is 0 Å². The number of hydrogen-bond donors (Lipinski definition) is 0. The van der Waals surface area contributed by atoms with Crippen molar-refractivity contribution in [3.05, 3.63) is 63.0 Å². The van der Waals surface area contributed by atoms with E-state index in [9.17, 15) is 4.79 Å².